The van der Waals surface area contributed by atoms with E-state index < -0.39 is 0 Å². The quantitative estimate of drug-likeness (QED) is 0.630. The number of fused-ring (bicyclic) bond motifs is 2. The van der Waals surface area contributed by atoms with E-state index in [-0.39, 0.29) is 0 Å². The molecular formula is C16H16N6. The van der Waals surface area contributed by atoms with Gasteiger partial charge in [0.05, 0.1) is 5.69 Å². The third-order valence-electron chi connectivity index (χ3n) is 3.60. The molecule has 0 fully saturated rings. The second-order valence-electron chi connectivity index (χ2n) is 5.80. The van der Waals surface area contributed by atoms with E-state index in [1.807, 2.05) is 30.7 Å². The summed E-state index contributed by atoms with van der Waals surface area (Å²) in [6.45, 7) is 4.33. The van der Waals surface area contributed by atoms with Crippen LogP contribution in [0.2, 0.25) is 0 Å². The lowest BCUT2D eigenvalue weighted by Gasteiger charge is -2.03. The van der Waals surface area contributed by atoms with Crippen LogP contribution >= 0.6 is 0 Å². The molecule has 0 atom stereocenters. The first-order chi connectivity index (χ1) is 10.7. The molecule has 0 radical (unpaired) electrons. The van der Waals surface area contributed by atoms with Crippen LogP contribution in [0.15, 0.2) is 36.9 Å². The van der Waals surface area contributed by atoms with E-state index in [0.717, 1.165) is 40.2 Å². The van der Waals surface area contributed by atoms with E-state index in [9.17, 15) is 0 Å². The van der Waals surface area contributed by atoms with Crippen LogP contribution < -0.4 is 0 Å². The highest BCUT2D eigenvalue weighted by Crippen LogP contribution is 2.26. The van der Waals surface area contributed by atoms with Crippen molar-refractivity contribution in [3.63, 3.8) is 0 Å². The third kappa shape index (κ3) is 2.13. The fourth-order valence-corrected chi connectivity index (χ4v) is 2.58. The number of nitrogens with zero attached hydrogens (tertiary/aromatic N) is 5. The first-order valence-electron chi connectivity index (χ1n) is 7.34. The monoisotopic (exact) mass is 292 g/mol. The maximum Gasteiger partial charge on any atom is 0.153 e. The summed E-state index contributed by atoms with van der Waals surface area (Å²) in [6, 6.07) is 3.92. The fourth-order valence-electron chi connectivity index (χ4n) is 2.58. The van der Waals surface area contributed by atoms with Gasteiger partial charge in [0.15, 0.2) is 5.65 Å². The Morgan fingerprint density at radius 1 is 1.23 bits per heavy atom. The molecule has 6 nitrogen and oxygen atoms in total. The van der Waals surface area contributed by atoms with E-state index >= 15 is 0 Å². The van der Waals surface area contributed by atoms with Crippen molar-refractivity contribution in [1.82, 2.24) is 29.5 Å². The highest BCUT2D eigenvalue weighted by molar-refractivity contribution is 5.91. The molecule has 6 heteroatoms. The lowest BCUT2D eigenvalue weighted by atomic mass is 10.1. The molecule has 4 aromatic heterocycles. The van der Waals surface area contributed by atoms with Crippen molar-refractivity contribution in [2.75, 3.05) is 0 Å². The Morgan fingerprint density at radius 2 is 2.14 bits per heavy atom. The van der Waals surface area contributed by atoms with Crippen LogP contribution in [0.3, 0.4) is 0 Å². The number of aromatic nitrogens is 6. The number of imidazole rings is 1. The summed E-state index contributed by atoms with van der Waals surface area (Å²) >= 11 is 0. The van der Waals surface area contributed by atoms with Crippen LogP contribution in [0, 0.1) is 5.92 Å². The van der Waals surface area contributed by atoms with Gasteiger partial charge in [-0.1, -0.05) is 13.8 Å². The molecule has 0 amide bonds. The molecule has 0 aliphatic heterocycles. The number of aromatic amines is 1. The van der Waals surface area contributed by atoms with Gasteiger partial charge in [0.2, 0.25) is 0 Å². The molecule has 0 spiro atoms. The van der Waals surface area contributed by atoms with E-state index in [2.05, 4.69) is 38.9 Å². The Morgan fingerprint density at radius 3 is 3.00 bits per heavy atom. The summed E-state index contributed by atoms with van der Waals surface area (Å²) in [5.41, 5.74) is 3.56. The minimum absolute atomic E-state index is 0.539. The van der Waals surface area contributed by atoms with Crippen molar-refractivity contribution >= 4 is 16.7 Å². The molecule has 0 saturated heterocycles. The van der Waals surface area contributed by atoms with Crippen molar-refractivity contribution in [2.24, 2.45) is 5.92 Å². The molecule has 0 aromatic carbocycles. The molecule has 4 rings (SSSR count). The SMILES string of the molecule is CC(C)Cc1ncc2c(-c3ccc4nccn4n3)c[nH]c2n1. The maximum atomic E-state index is 4.60. The van der Waals surface area contributed by atoms with Crippen molar-refractivity contribution in [2.45, 2.75) is 20.3 Å². The molecular weight excluding hydrogens is 276 g/mol. The smallest absolute Gasteiger partial charge is 0.153 e. The topological polar surface area (TPSA) is 71.8 Å². The zero-order chi connectivity index (χ0) is 15.1. The largest absolute Gasteiger partial charge is 0.345 e. The summed E-state index contributed by atoms with van der Waals surface area (Å²) in [6.07, 6.45) is 8.27. The molecule has 22 heavy (non-hydrogen) atoms. The molecule has 4 aromatic rings. The van der Waals surface area contributed by atoms with Gasteiger partial charge >= 0.3 is 0 Å². The average Bonchev–Trinajstić information content (AvgIpc) is 3.11. The molecule has 1 N–H and O–H groups in total. The van der Waals surface area contributed by atoms with Gasteiger partial charge in [0, 0.05) is 42.2 Å². The highest BCUT2D eigenvalue weighted by Gasteiger charge is 2.11. The summed E-state index contributed by atoms with van der Waals surface area (Å²) in [4.78, 5) is 16.5. The number of H-pyrrole nitrogens is 1. The van der Waals surface area contributed by atoms with E-state index in [1.54, 1.807) is 10.7 Å². The highest BCUT2D eigenvalue weighted by atomic mass is 15.2. The van der Waals surface area contributed by atoms with E-state index in [4.69, 9.17) is 0 Å². The number of hydrogen-bond acceptors (Lipinski definition) is 4. The second-order valence-corrected chi connectivity index (χ2v) is 5.80. The van der Waals surface area contributed by atoms with Gasteiger partial charge in [0.1, 0.15) is 11.5 Å². The van der Waals surface area contributed by atoms with Crippen LogP contribution in [0.1, 0.15) is 19.7 Å². The number of nitrogens with one attached hydrogen (secondary N) is 1. The Hall–Kier alpha value is -2.76. The Labute approximate surface area is 127 Å². The lowest BCUT2D eigenvalue weighted by molar-refractivity contribution is 0.622. The summed E-state index contributed by atoms with van der Waals surface area (Å²) in [5, 5.41) is 5.56. The zero-order valence-electron chi connectivity index (χ0n) is 12.5. The van der Waals surface area contributed by atoms with Crippen molar-refractivity contribution in [1.29, 1.82) is 0 Å². The standard InChI is InChI=1S/C16H16N6/c1-10(2)7-14-18-9-12-11(8-19-16(12)20-14)13-3-4-15-17-5-6-22(15)21-13/h3-6,8-10H,7H2,1-2H3,(H,18,19,20). The summed E-state index contributed by atoms with van der Waals surface area (Å²) < 4.78 is 1.77. The van der Waals surface area contributed by atoms with Gasteiger partial charge in [-0.05, 0) is 18.1 Å². The van der Waals surface area contributed by atoms with Crippen LogP contribution in [0.5, 0.6) is 0 Å². The molecule has 0 unspecified atom stereocenters. The maximum absolute atomic E-state index is 4.60. The van der Waals surface area contributed by atoms with Gasteiger partial charge in [0.25, 0.3) is 0 Å². The minimum Gasteiger partial charge on any atom is -0.345 e. The first kappa shape index (κ1) is 12.9. The zero-order valence-corrected chi connectivity index (χ0v) is 12.5. The first-order valence-corrected chi connectivity index (χ1v) is 7.34. The predicted octanol–water partition coefficient (Wildman–Crippen LogP) is 2.87. The van der Waals surface area contributed by atoms with Crippen molar-refractivity contribution in [3.8, 4) is 11.3 Å². The summed E-state index contributed by atoms with van der Waals surface area (Å²) in [5.74, 6) is 1.41. The normalized spacial score (nSPS) is 11.8. The fraction of sp³-hybridized carbons (Fsp3) is 0.250. The molecule has 0 aliphatic rings. The second kappa shape index (κ2) is 4.91. The van der Waals surface area contributed by atoms with Gasteiger partial charge in [-0.25, -0.2) is 19.5 Å². The number of rotatable bonds is 3. The van der Waals surface area contributed by atoms with Gasteiger partial charge in [-0.2, -0.15) is 5.10 Å². The Balaban J connectivity index is 1.81. The predicted molar refractivity (Wildman–Crippen MR) is 84.4 cm³/mol. The van der Waals surface area contributed by atoms with Gasteiger partial charge in [-0.3, -0.25) is 0 Å². The van der Waals surface area contributed by atoms with Crippen LogP contribution in [0.4, 0.5) is 0 Å². The molecule has 0 bridgehead atoms. The minimum atomic E-state index is 0.539. The van der Waals surface area contributed by atoms with Crippen LogP contribution in [-0.4, -0.2) is 29.5 Å². The van der Waals surface area contributed by atoms with E-state index in [1.165, 1.54) is 0 Å². The lowest BCUT2D eigenvalue weighted by Crippen LogP contribution is -2.00. The van der Waals surface area contributed by atoms with E-state index in [0.29, 0.717) is 5.92 Å². The van der Waals surface area contributed by atoms with Gasteiger partial charge < -0.3 is 4.98 Å². The molecule has 4 heterocycles. The summed E-state index contributed by atoms with van der Waals surface area (Å²) in [7, 11) is 0. The Kier molecular flexibility index (Phi) is 2.89. The number of hydrogen-bond donors (Lipinski definition) is 1. The molecule has 0 saturated carbocycles. The Bertz CT molecular complexity index is 950. The van der Waals surface area contributed by atoms with Crippen LogP contribution in [0.25, 0.3) is 27.9 Å². The molecule has 0 aliphatic carbocycles. The average molecular weight is 292 g/mol. The van der Waals surface area contributed by atoms with Gasteiger partial charge in [-0.15, -0.1) is 0 Å². The van der Waals surface area contributed by atoms with Crippen LogP contribution in [-0.2, 0) is 6.42 Å². The van der Waals surface area contributed by atoms with Crippen molar-refractivity contribution < 1.29 is 0 Å². The third-order valence-corrected chi connectivity index (χ3v) is 3.60. The van der Waals surface area contributed by atoms with Crippen molar-refractivity contribution in [3.05, 3.63) is 42.7 Å². The molecule has 110 valence electrons.